The van der Waals surface area contributed by atoms with Gasteiger partial charge < -0.3 is 0 Å². The molecule has 0 rings (SSSR count). The summed E-state index contributed by atoms with van der Waals surface area (Å²) in [6, 6.07) is 0. The second-order valence-electron chi connectivity index (χ2n) is 2.80. The monoisotopic (exact) mass is 194 g/mol. The lowest BCUT2D eigenvalue weighted by Gasteiger charge is -2.25. The van der Waals surface area contributed by atoms with Gasteiger partial charge in [0.25, 0.3) is 0 Å². The first-order chi connectivity index (χ1) is 5.07. The SMILES string of the molecule is CC(C)C(C(F)(F)F)C(F)(F)F. The van der Waals surface area contributed by atoms with Gasteiger partial charge in [-0.3, -0.25) is 0 Å². The number of alkyl halides is 6. The Morgan fingerprint density at radius 3 is 1.00 bits per heavy atom. The van der Waals surface area contributed by atoms with Crippen LogP contribution in [-0.4, -0.2) is 12.4 Å². The molecule has 0 nitrogen and oxygen atoms in total. The van der Waals surface area contributed by atoms with Crippen molar-refractivity contribution in [2.75, 3.05) is 0 Å². The van der Waals surface area contributed by atoms with Crippen molar-refractivity contribution < 1.29 is 26.3 Å². The second-order valence-corrected chi connectivity index (χ2v) is 2.80. The second kappa shape index (κ2) is 3.14. The maximum atomic E-state index is 11.7. The Hall–Kier alpha value is -0.420. The molecule has 0 aromatic rings. The third-order valence-corrected chi connectivity index (χ3v) is 1.37. The van der Waals surface area contributed by atoms with Crippen LogP contribution in [0, 0.1) is 11.8 Å². The summed E-state index contributed by atoms with van der Waals surface area (Å²) in [5, 5.41) is 0. The van der Waals surface area contributed by atoms with Gasteiger partial charge in [-0.05, 0) is 5.92 Å². The van der Waals surface area contributed by atoms with Crippen LogP contribution in [-0.2, 0) is 0 Å². The van der Waals surface area contributed by atoms with Gasteiger partial charge in [-0.15, -0.1) is 0 Å². The fourth-order valence-electron chi connectivity index (χ4n) is 0.942. The quantitative estimate of drug-likeness (QED) is 0.561. The van der Waals surface area contributed by atoms with Gasteiger partial charge in [0.15, 0.2) is 5.92 Å². The molecule has 74 valence electrons. The molecular formula is C6H8F6. The van der Waals surface area contributed by atoms with Gasteiger partial charge in [0.2, 0.25) is 0 Å². The van der Waals surface area contributed by atoms with Gasteiger partial charge in [0.05, 0.1) is 0 Å². The zero-order valence-corrected chi connectivity index (χ0v) is 6.42. The molecule has 0 amide bonds. The van der Waals surface area contributed by atoms with Crippen molar-refractivity contribution in [3.63, 3.8) is 0 Å². The first-order valence-electron chi connectivity index (χ1n) is 3.20. The molecule has 0 bridgehead atoms. The molecule has 0 heterocycles. The summed E-state index contributed by atoms with van der Waals surface area (Å²) in [4.78, 5) is 0. The normalized spacial score (nSPS) is 14.5. The van der Waals surface area contributed by atoms with E-state index in [0.717, 1.165) is 13.8 Å². The average molecular weight is 194 g/mol. The highest BCUT2D eigenvalue weighted by atomic mass is 19.4. The summed E-state index contributed by atoms with van der Waals surface area (Å²) >= 11 is 0. The lowest BCUT2D eigenvalue weighted by molar-refractivity contribution is -0.295. The lowest BCUT2D eigenvalue weighted by Crippen LogP contribution is -2.40. The smallest absolute Gasteiger partial charge is 0.170 e. The zero-order valence-electron chi connectivity index (χ0n) is 6.42. The zero-order chi connectivity index (χ0) is 10.2. The van der Waals surface area contributed by atoms with Crippen LogP contribution in [0.15, 0.2) is 0 Å². The van der Waals surface area contributed by atoms with Gasteiger partial charge in [0.1, 0.15) is 0 Å². The van der Waals surface area contributed by atoms with E-state index in [1.54, 1.807) is 0 Å². The maximum Gasteiger partial charge on any atom is 0.400 e. The minimum absolute atomic E-state index is 0.894. The Morgan fingerprint density at radius 1 is 0.750 bits per heavy atom. The van der Waals surface area contributed by atoms with Crippen molar-refractivity contribution in [3.05, 3.63) is 0 Å². The van der Waals surface area contributed by atoms with Crippen molar-refractivity contribution >= 4 is 0 Å². The van der Waals surface area contributed by atoms with Crippen LogP contribution in [0.25, 0.3) is 0 Å². The van der Waals surface area contributed by atoms with Crippen molar-refractivity contribution in [1.29, 1.82) is 0 Å². The van der Waals surface area contributed by atoms with Crippen molar-refractivity contribution in [3.8, 4) is 0 Å². The highest BCUT2D eigenvalue weighted by Gasteiger charge is 2.57. The standard InChI is InChI=1S/C6H8F6/c1-3(2)4(5(7,8)9)6(10,11)12/h3-4H,1-2H3. The summed E-state index contributed by atoms with van der Waals surface area (Å²) in [6.45, 7) is 1.79. The molecule has 0 saturated carbocycles. The Kier molecular flexibility index (Phi) is 3.03. The Bertz CT molecular complexity index is 127. The van der Waals surface area contributed by atoms with E-state index in [1.165, 1.54) is 0 Å². The minimum atomic E-state index is -5.20. The van der Waals surface area contributed by atoms with E-state index in [1.807, 2.05) is 0 Å². The molecule has 0 aromatic heterocycles. The predicted octanol–water partition coefficient (Wildman–Crippen LogP) is 3.38. The number of hydrogen-bond donors (Lipinski definition) is 0. The average Bonchev–Trinajstić information content (AvgIpc) is 1.49. The van der Waals surface area contributed by atoms with Crippen LogP contribution >= 0.6 is 0 Å². The first-order valence-corrected chi connectivity index (χ1v) is 3.20. The van der Waals surface area contributed by atoms with Gasteiger partial charge in [-0.25, -0.2) is 0 Å². The number of halogens is 6. The third-order valence-electron chi connectivity index (χ3n) is 1.37. The fraction of sp³-hybridized carbons (Fsp3) is 1.00. The Labute approximate surface area is 65.6 Å². The van der Waals surface area contributed by atoms with Gasteiger partial charge in [-0.2, -0.15) is 26.3 Å². The van der Waals surface area contributed by atoms with Crippen LogP contribution in [0.4, 0.5) is 26.3 Å². The summed E-state index contributed by atoms with van der Waals surface area (Å²) in [5.41, 5.74) is 0. The van der Waals surface area contributed by atoms with Crippen LogP contribution in [0.5, 0.6) is 0 Å². The molecule has 6 heteroatoms. The van der Waals surface area contributed by atoms with E-state index in [9.17, 15) is 26.3 Å². The van der Waals surface area contributed by atoms with Crippen LogP contribution in [0.1, 0.15) is 13.8 Å². The molecule has 0 aliphatic rings. The molecular weight excluding hydrogens is 186 g/mol. The van der Waals surface area contributed by atoms with Crippen molar-refractivity contribution in [2.24, 2.45) is 11.8 Å². The summed E-state index contributed by atoms with van der Waals surface area (Å²) in [7, 11) is 0. The van der Waals surface area contributed by atoms with Crippen LogP contribution in [0.2, 0.25) is 0 Å². The molecule has 0 radical (unpaired) electrons. The van der Waals surface area contributed by atoms with E-state index in [-0.39, 0.29) is 0 Å². The summed E-state index contributed by atoms with van der Waals surface area (Å²) in [6.07, 6.45) is -10.4. The molecule has 0 atom stereocenters. The number of hydrogen-bond acceptors (Lipinski definition) is 0. The predicted molar refractivity (Wildman–Crippen MR) is 30.4 cm³/mol. The third kappa shape index (κ3) is 2.91. The summed E-state index contributed by atoms with van der Waals surface area (Å²) < 4.78 is 70.5. The lowest BCUT2D eigenvalue weighted by atomic mass is 9.95. The summed E-state index contributed by atoms with van der Waals surface area (Å²) in [5.74, 6) is -4.70. The van der Waals surface area contributed by atoms with Gasteiger partial charge in [0, 0.05) is 0 Å². The fourth-order valence-corrected chi connectivity index (χ4v) is 0.942. The van der Waals surface area contributed by atoms with Crippen molar-refractivity contribution in [1.82, 2.24) is 0 Å². The largest absolute Gasteiger partial charge is 0.400 e. The Balaban J connectivity index is 4.70. The molecule has 0 aliphatic heterocycles. The molecule has 0 saturated heterocycles. The Morgan fingerprint density at radius 2 is 1.00 bits per heavy atom. The topological polar surface area (TPSA) is 0 Å². The van der Waals surface area contributed by atoms with Gasteiger partial charge in [-0.1, -0.05) is 13.8 Å². The van der Waals surface area contributed by atoms with Crippen molar-refractivity contribution in [2.45, 2.75) is 26.2 Å². The molecule has 12 heavy (non-hydrogen) atoms. The minimum Gasteiger partial charge on any atom is -0.170 e. The highest BCUT2D eigenvalue weighted by molar-refractivity contribution is 4.77. The molecule has 0 N–H and O–H groups in total. The van der Waals surface area contributed by atoms with Gasteiger partial charge >= 0.3 is 12.4 Å². The van der Waals surface area contributed by atoms with E-state index >= 15 is 0 Å². The van der Waals surface area contributed by atoms with E-state index in [4.69, 9.17) is 0 Å². The van der Waals surface area contributed by atoms with E-state index in [0.29, 0.717) is 0 Å². The van der Waals surface area contributed by atoms with E-state index < -0.39 is 24.2 Å². The van der Waals surface area contributed by atoms with Crippen LogP contribution < -0.4 is 0 Å². The highest BCUT2D eigenvalue weighted by Crippen LogP contribution is 2.43. The molecule has 0 spiro atoms. The molecule has 0 aromatic carbocycles. The van der Waals surface area contributed by atoms with Crippen LogP contribution in [0.3, 0.4) is 0 Å². The van der Waals surface area contributed by atoms with E-state index in [2.05, 4.69) is 0 Å². The first kappa shape index (κ1) is 11.6. The molecule has 0 unspecified atom stereocenters. The molecule has 0 fully saturated rings. The molecule has 0 aliphatic carbocycles. The maximum absolute atomic E-state index is 11.7. The number of rotatable bonds is 1.